The first-order valence-corrected chi connectivity index (χ1v) is 7.44. The van der Waals surface area contributed by atoms with Crippen molar-refractivity contribution in [2.45, 2.75) is 13.8 Å². The number of para-hydroxylation sites is 1. The lowest BCUT2D eigenvalue weighted by atomic mass is 9.93. The number of fused-ring (bicyclic) bond motifs is 3. The Morgan fingerprint density at radius 2 is 1.91 bits per heavy atom. The Labute approximate surface area is 129 Å². The number of benzene rings is 1. The second-order valence-corrected chi connectivity index (χ2v) is 6.21. The Bertz CT molecular complexity index is 902. The Kier molecular flexibility index (Phi) is 2.76. The molecule has 4 rings (SSSR count). The molecule has 1 aliphatic rings. The van der Waals surface area contributed by atoms with Gasteiger partial charge in [0.05, 0.1) is 22.7 Å². The lowest BCUT2D eigenvalue weighted by molar-refractivity contribution is 0.627. The fourth-order valence-electron chi connectivity index (χ4n) is 2.93. The molecule has 0 saturated heterocycles. The molecule has 0 saturated carbocycles. The molecule has 3 heteroatoms. The minimum Gasteiger partial charge on any atom is -0.306 e. The third kappa shape index (κ3) is 1.98. The standard InChI is InChI=1S/C19H17N3/c1-19(2)10-5-6-14(9-11-19)22-16-8-4-3-7-15(16)18-17(22)12-20-13-21-18/h3-13H,1-2H3. The van der Waals surface area contributed by atoms with Gasteiger partial charge in [0.25, 0.3) is 0 Å². The monoisotopic (exact) mass is 287 g/mol. The van der Waals surface area contributed by atoms with Crippen LogP contribution in [0.1, 0.15) is 13.8 Å². The van der Waals surface area contributed by atoms with Gasteiger partial charge in [-0.1, -0.05) is 50.3 Å². The first kappa shape index (κ1) is 13.0. The van der Waals surface area contributed by atoms with Crippen LogP contribution in [0.3, 0.4) is 0 Å². The van der Waals surface area contributed by atoms with E-state index in [9.17, 15) is 0 Å². The molecule has 0 N–H and O–H groups in total. The highest BCUT2D eigenvalue weighted by molar-refractivity contribution is 6.08. The second kappa shape index (κ2) is 4.67. The highest BCUT2D eigenvalue weighted by Gasteiger charge is 2.15. The minimum absolute atomic E-state index is 0.0630. The van der Waals surface area contributed by atoms with Crippen molar-refractivity contribution >= 4 is 27.6 Å². The van der Waals surface area contributed by atoms with E-state index >= 15 is 0 Å². The molecule has 0 fully saturated rings. The molecule has 0 unspecified atom stereocenters. The van der Waals surface area contributed by atoms with E-state index in [1.807, 2.05) is 6.20 Å². The van der Waals surface area contributed by atoms with Gasteiger partial charge in [-0.3, -0.25) is 0 Å². The van der Waals surface area contributed by atoms with E-state index < -0.39 is 0 Å². The van der Waals surface area contributed by atoms with Gasteiger partial charge in [0.1, 0.15) is 6.33 Å². The maximum absolute atomic E-state index is 4.48. The number of nitrogens with zero attached hydrogens (tertiary/aromatic N) is 3. The van der Waals surface area contributed by atoms with Gasteiger partial charge in [-0.15, -0.1) is 0 Å². The SMILES string of the molecule is CC1(C)C=CC=C(n2c3ccccc3c3ncncc32)C=C1. The van der Waals surface area contributed by atoms with Crippen LogP contribution in [0.15, 0.2) is 67.2 Å². The molecule has 0 amide bonds. The molecule has 22 heavy (non-hydrogen) atoms. The van der Waals surface area contributed by atoms with Gasteiger partial charge in [-0.25, -0.2) is 9.97 Å². The number of hydrogen-bond donors (Lipinski definition) is 0. The molecule has 0 aliphatic heterocycles. The molecule has 108 valence electrons. The van der Waals surface area contributed by atoms with Crippen molar-refractivity contribution in [1.82, 2.24) is 14.5 Å². The van der Waals surface area contributed by atoms with Crippen LogP contribution in [-0.2, 0) is 0 Å². The van der Waals surface area contributed by atoms with E-state index in [2.05, 4.69) is 83.0 Å². The average molecular weight is 287 g/mol. The Morgan fingerprint density at radius 1 is 1.05 bits per heavy atom. The molecule has 2 heterocycles. The number of allylic oxidation sites excluding steroid dienone is 6. The van der Waals surface area contributed by atoms with Crippen LogP contribution in [0, 0.1) is 5.41 Å². The predicted octanol–water partition coefficient (Wildman–Crippen LogP) is 4.58. The van der Waals surface area contributed by atoms with Crippen molar-refractivity contribution in [2.24, 2.45) is 5.41 Å². The van der Waals surface area contributed by atoms with Crippen molar-refractivity contribution in [1.29, 1.82) is 0 Å². The summed E-state index contributed by atoms with van der Waals surface area (Å²) in [5.41, 5.74) is 4.37. The molecule has 1 aliphatic carbocycles. The normalized spacial score (nSPS) is 16.9. The van der Waals surface area contributed by atoms with Crippen LogP contribution in [0.25, 0.3) is 27.6 Å². The van der Waals surface area contributed by atoms with E-state index in [4.69, 9.17) is 0 Å². The van der Waals surface area contributed by atoms with Gasteiger partial charge in [-0.2, -0.15) is 0 Å². The largest absolute Gasteiger partial charge is 0.306 e. The summed E-state index contributed by atoms with van der Waals surface area (Å²) in [6.45, 7) is 4.40. The zero-order chi connectivity index (χ0) is 15.2. The van der Waals surface area contributed by atoms with Gasteiger partial charge in [0, 0.05) is 16.5 Å². The minimum atomic E-state index is 0.0630. The van der Waals surface area contributed by atoms with Crippen molar-refractivity contribution in [2.75, 3.05) is 0 Å². The van der Waals surface area contributed by atoms with Crippen LogP contribution in [-0.4, -0.2) is 14.5 Å². The number of aromatic nitrogens is 3. The molecule has 0 bridgehead atoms. The first-order chi connectivity index (χ1) is 10.7. The van der Waals surface area contributed by atoms with Crippen molar-refractivity contribution in [3.05, 3.63) is 67.2 Å². The van der Waals surface area contributed by atoms with E-state index in [1.165, 1.54) is 0 Å². The van der Waals surface area contributed by atoms with Gasteiger partial charge < -0.3 is 4.57 Å². The quantitative estimate of drug-likeness (QED) is 0.656. The highest BCUT2D eigenvalue weighted by atomic mass is 15.0. The van der Waals surface area contributed by atoms with Crippen molar-refractivity contribution < 1.29 is 0 Å². The number of rotatable bonds is 1. The summed E-state index contributed by atoms with van der Waals surface area (Å²) in [7, 11) is 0. The fourth-order valence-corrected chi connectivity index (χ4v) is 2.93. The van der Waals surface area contributed by atoms with Crippen LogP contribution >= 0.6 is 0 Å². The Hall–Kier alpha value is -2.68. The smallest absolute Gasteiger partial charge is 0.116 e. The third-order valence-corrected chi connectivity index (χ3v) is 4.07. The summed E-state index contributed by atoms with van der Waals surface area (Å²) in [6, 6.07) is 8.35. The molecule has 3 aromatic rings. The molecular weight excluding hydrogens is 270 g/mol. The van der Waals surface area contributed by atoms with Crippen molar-refractivity contribution in [3.8, 4) is 0 Å². The predicted molar refractivity (Wildman–Crippen MR) is 91.4 cm³/mol. The van der Waals surface area contributed by atoms with Crippen molar-refractivity contribution in [3.63, 3.8) is 0 Å². The number of hydrogen-bond acceptors (Lipinski definition) is 2. The summed E-state index contributed by atoms with van der Waals surface area (Å²) in [5.74, 6) is 0. The molecule has 0 radical (unpaired) electrons. The summed E-state index contributed by atoms with van der Waals surface area (Å²) in [6.07, 6.45) is 14.4. The Balaban J connectivity index is 2.06. The zero-order valence-corrected chi connectivity index (χ0v) is 12.7. The summed E-state index contributed by atoms with van der Waals surface area (Å²) in [4.78, 5) is 8.69. The molecule has 0 atom stereocenters. The van der Waals surface area contributed by atoms with Crippen LogP contribution in [0.2, 0.25) is 0 Å². The second-order valence-electron chi connectivity index (χ2n) is 6.21. The van der Waals surface area contributed by atoms with Crippen LogP contribution in [0.4, 0.5) is 0 Å². The van der Waals surface area contributed by atoms with Gasteiger partial charge in [0.15, 0.2) is 0 Å². The maximum Gasteiger partial charge on any atom is 0.116 e. The molecule has 1 aromatic carbocycles. The first-order valence-electron chi connectivity index (χ1n) is 7.44. The molecule has 0 spiro atoms. The lowest BCUT2D eigenvalue weighted by Gasteiger charge is -2.13. The zero-order valence-electron chi connectivity index (χ0n) is 12.7. The fraction of sp³-hybridized carbons (Fsp3) is 0.158. The Morgan fingerprint density at radius 3 is 2.82 bits per heavy atom. The molecule has 3 nitrogen and oxygen atoms in total. The average Bonchev–Trinajstić information content (AvgIpc) is 2.74. The van der Waals surface area contributed by atoms with E-state index in [1.54, 1.807) is 6.33 Å². The van der Waals surface area contributed by atoms with E-state index in [0.29, 0.717) is 0 Å². The van der Waals surface area contributed by atoms with Gasteiger partial charge in [0.2, 0.25) is 0 Å². The molecular formula is C19H17N3. The summed E-state index contributed by atoms with van der Waals surface area (Å²) >= 11 is 0. The summed E-state index contributed by atoms with van der Waals surface area (Å²) in [5, 5.41) is 1.15. The summed E-state index contributed by atoms with van der Waals surface area (Å²) < 4.78 is 2.23. The van der Waals surface area contributed by atoms with Crippen LogP contribution in [0.5, 0.6) is 0 Å². The van der Waals surface area contributed by atoms with Gasteiger partial charge in [-0.05, 0) is 18.2 Å². The lowest BCUT2D eigenvalue weighted by Crippen LogP contribution is -2.01. The van der Waals surface area contributed by atoms with Crippen LogP contribution < -0.4 is 0 Å². The third-order valence-electron chi connectivity index (χ3n) is 4.07. The maximum atomic E-state index is 4.48. The molecule has 2 aromatic heterocycles. The topological polar surface area (TPSA) is 30.7 Å². The van der Waals surface area contributed by atoms with Gasteiger partial charge >= 0.3 is 0 Å². The van der Waals surface area contributed by atoms with E-state index in [-0.39, 0.29) is 5.41 Å². The highest BCUT2D eigenvalue weighted by Crippen LogP contribution is 2.32. The van der Waals surface area contributed by atoms with E-state index in [0.717, 1.165) is 27.6 Å².